The van der Waals surface area contributed by atoms with E-state index in [4.69, 9.17) is 0 Å². The minimum absolute atomic E-state index is 0.133. The van der Waals surface area contributed by atoms with Crippen LogP contribution in [0.3, 0.4) is 0 Å². The summed E-state index contributed by atoms with van der Waals surface area (Å²) in [5.74, 6) is -1.00. The zero-order valence-electron chi connectivity index (χ0n) is 18.4. The molecule has 2 aromatic heterocycles. The van der Waals surface area contributed by atoms with Crippen LogP contribution in [0.15, 0.2) is 95.9 Å². The van der Waals surface area contributed by atoms with Crippen LogP contribution < -0.4 is 16.4 Å². The average molecular weight is 464 g/mol. The summed E-state index contributed by atoms with van der Waals surface area (Å²) in [6, 6.07) is 25.6. The Labute approximate surface area is 199 Å². The number of amides is 2. The first kappa shape index (κ1) is 21.8. The molecular weight excluding hydrogens is 444 g/mol. The van der Waals surface area contributed by atoms with Gasteiger partial charge in [0.05, 0.1) is 28.8 Å². The monoisotopic (exact) mass is 464 g/mol. The number of carbonyl (C=O) groups excluding carboxylic acids is 2. The minimum Gasteiger partial charge on any atom is -0.273 e. The summed E-state index contributed by atoms with van der Waals surface area (Å²) in [7, 11) is 0. The fourth-order valence-electron chi connectivity index (χ4n) is 3.76. The third kappa shape index (κ3) is 4.55. The molecule has 3 aromatic carbocycles. The molecule has 0 unspecified atom stereocenters. The first-order valence-corrected chi connectivity index (χ1v) is 10.9. The Morgan fingerprint density at radius 2 is 1.49 bits per heavy atom. The van der Waals surface area contributed by atoms with Crippen LogP contribution in [-0.2, 0) is 11.2 Å². The van der Waals surface area contributed by atoms with Gasteiger partial charge in [0.25, 0.3) is 11.5 Å². The van der Waals surface area contributed by atoms with Gasteiger partial charge in [0.2, 0.25) is 5.91 Å². The van der Waals surface area contributed by atoms with Crippen molar-refractivity contribution in [3.8, 4) is 16.9 Å². The second-order valence-corrected chi connectivity index (χ2v) is 7.76. The van der Waals surface area contributed by atoms with Gasteiger partial charge in [-0.15, -0.1) is 0 Å². The van der Waals surface area contributed by atoms with Gasteiger partial charge < -0.3 is 0 Å². The van der Waals surface area contributed by atoms with Crippen LogP contribution in [0.1, 0.15) is 16.1 Å². The highest BCUT2D eigenvalue weighted by atomic mass is 16.2. The number of hydrazine groups is 1. The number of hydrogen-bond acceptors (Lipinski definition) is 5. The van der Waals surface area contributed by atoms with Crippen LogP contribution in [-0.4, -0.2) is 31.8 Å². The number of nitrogens with zero attached hydrogens (tertiary/aromatic N) is 3. The Morgan fingerprint density at radius 1 is 0.829 bits per heavy atom. The highest BCUT2D eigenvalue weighted by Crippen LogP contribution is 2.23. The number of fused-ring (bicyclic) bond motifs is 1. The molecule has 0 atom stereocenters. The van der Waals surface area contributed by atoms with Crippen LogP contribution in [0.25, 0.3) is 27.7 Å². The second kappa shape index (κ2) is 9.44. The largest absolute Gasteiger partial charge is 0.273 e. The zero-order valence-corrected chi connectivity index (χ0v) is 18.4. The van der Waals surface area contributed by atoms with Gasteiger partial charge in [-0.1, -0.05) is 66.7 Å². The zero-order chi connectivity index (χ0) is 24.2. The van der Waals surface area contributed by atoms with Crippen molar-refractivity contribution in [3.63, 3.8) is 0 Å². The van der Waals surface area contributed by atoms with E-state index in [9.17, 15) is 14.4 Å². The smallest absolute Gasteiger partial charge is 0.273 e. The maximum atomic E-state index is 13.1. The van der Waals surface area contributed by atoms with Crippen molar-refractivity contribution in [2.75, 3.05) is 0 Å². The van der Waals surface area contributed by atoms with E-state index in [-0.39, 0.29) is 12.0 Å². The molecule has 2 amide bonds. The van der Waals surface area contributed by atoms with E-state index in [0.717, 1.165) is 11.3 Å². The summed E-state index contributed by atoms with van der Waals surface area (Å²) < 4.78 is 1.62. The Balaban J connectivity index is 1.36. The van der Waals surface area contributed by atoms with Crippen LogP contribution >= 0.6 is 0 Å². The molecule has 35 heavy (non-hydrogen) atoms. The van der Waals surface area contributed by atoms with Gasteiger partial charge in [-0.3, -0.25) is 25.2 Å². The van der Waals surface area contributed by atoms with Crippen LogP contribution in [0.4, 0.5) is 0 Å². The third-order valence-corrected chi connectivity index (χ3v) is 5.45. The van der Waals surface area contributed by atoms with E-state index in [1.807, 2.05) is 60.7 Å². The predicted molar refractivity (Wildman–Crippen MR) is 131 cm³/mol. The lowest BCUT2D eigenvalue weighted by atomic mass is 10.1. The Hall–Kier alpha value is -5.05. The topological polar surface area (TPSA) is 122 Å². The summed E-state index contributed by atoms with van der Waals surface area (Å²) in [5, 5.41) is 12.0. The predicted octanol–water partition coefficient (Wildman–Crippen LogP) is 2.78. The molecule has 2 heterocycles. The standard InChI is InChI=1S/C26H20N6O3/c33-23(15-22-19-13-7-8-14-20(19)25(34)29-27-22)28-30-26(35)21-16-32(18-11-5-2-6-12-18)31-24(21)17-9-3-1-4-10-17/h1-14,16H,15H2,(H,28,33)(H,29,34)(H,30,35). The molecule has 0 spiro atoms. The van der Waals surface area contributed by atoms with Crippen molar-refractivity contribution in [2.45, 2.75) is 6.42 Å². The van der Waals surface area contributed by atoms with Gasteiger partial charge in [0, 0.05) is 17.1 Å². The van der Waals surface area contributed by atoms with Gasteiger partial charge in [0.15, 0.2) is 0 Å². The van der Waals surface area contributed by atoms with E-state index >= 15 is 0 Å². The highest BCUT2D eigenvalue weighted by molar-refractivity contribution is 6.01. The molecule has 3 N–H and O–H groups in total. The Bertz CT molecular complexity index is 1580. The fraction of sp³-hybridized carbons (Fsp3) is 0.0385. The molecule has 0 bridgehead atoms. The number of H-pyrrole nitrogens is 1. The summed E-state index contributed by atoms with van der Waals surface area (Å²) in [6.45, 7) is 0. The maximum absolute atomic E-state index is 13.1. The number of carbonyl (C=O) groups is 2. The summed E-state index contributed by atoms with van der Waals surface area (Å²) in [6.07, 6.45) is 1.49. The van der Waals surface area contributed by atoms with E-state index in [0.29, 0.717) is 27.7 Å². The van der Waals surface area contributed by atoms with Crippen molar-refractivity contribution in [3.05, 3.63) is 113 Å². The summed E-state index contributed by atoms with van der Waals surface area (Å²) >= 11 is 0. The van der Waals surface area contributed by atoms with Crippen LogP contribution in [0.2, 0.25) is 0 Å². The minimum atomic E-state index is -0.515. The Morgan fingerprint density at radius 3 is 2.23 bits per heavy atom. The van der Waals surface area contributed by atoms with E-state index < -0.39 is 11.8 Å². The van der Waals surface area contributed by atoms with E-state index in [2.05, 4.69) is 26.1 Å². The number of aromatic nitrogens is 4. The van der Waals surface area contributed by atoms with Crippen molar-refractivity contribution in [2.24, 2.45) is 0 Å². The molecule has 0 saturated carbocycles. The van der Waals surface area contributed by atoms with Gasteiger partial charge in [-0.05, 0) is 18.2 Å². The number of nitrogens with one attached hydrogen (secondary N) is 3. The molecule has 9 nitrogen and oxygen atoms in total. The number of rotatable bonds is 5. The first-order valence-electron chi connectivity index (χ1n) is 10.9. The van der Waals surface area contributed by atoms with Crippen molar-refractivity contribution in [1.82, 2.24) is 30.8 Å². The maximum Gasteiger partial charge on any atom is 0.273 e. The van der Waals surface area contributed by atoms with Crippen molar-refractivity contribution in [1.29, 1.82) is 0 Å². The molecule has 0 aliphatic heterocycles. The number of hydrogen-bond donors (Lipinski definition) is 3. The highest BCUT2D eigenvalue weighted by Gasteiger charge is 2.19. The second-order valence-electron chi connectivity index (χ2n) is 7.76. The molecule has 172 valence electrons. The van der Waals surface area contributed by atoms with E-state index in [1.165, 1.54) is 0 Å². The lowest BCUT2D eigenvalue weighted by molar-refractivity contribution is -0.121. The summed E-state index contributed by atoms with van der Waals surface area (Å²) in [5.41, 5.74) is 7.30. The molecule has 9 heteroatoms. The molecule has 0 fully saturated rings. The molecule has 5 aromatic rings. The first-order chi connectivity index (χ1) is 17.1. The molecule has 0 aliphatic carbocycles. The molecular formula is C26H20N6O3. The third-order valence-electron chi connectivity index (χ3n) is 5.45. The number of para-hydroxylation sites is 1. The SMILES string of the molecule is O=C(Cc1n[nH]c(=O)c2ccccc12)NNC(=O)c1cn(-c2ccccc2)nc1-c1ccccc1. The lowest BCUT2D eigenvalue weighted by Gasteiger charge is -2.08. The van der Waals surface area contributed by atoms with Gasteiger partial charge in [-0.25, -0.2) is 9.78 Å². The van der Waals surface area contributed by atoms with Crippen molar-refractivity contribution < 1.29 is 9.59 Å². The van der Waals surface area contributed by atoms with Gasteiger partial charge >= 0.3 is 0 Å². The Kier molecular flexibility index (Phi) is 5.87. The van der Waals surface area contributed by atoms with Crippen LogP contribution in [0, 0.1) is 0 Å². The normalized spacial score (nSPS) is 10.7. The quantitative estimate of drug-likeness (QED) is 0.345. The summed E-state index contributed by atoms with van der Waals surface area (Å²) in [4.78, 5) is 37.6. The molecule has 5 rings (SSSR count). The average Bonchev–Trinajstić information content (AvgIpc) is 3.36. The molecule has 0 saturated heterocycles. The number of aromatic amines is 1. The van der Waals surface area contributed by atoms with Crippen LogP contribution in [0.5, 0.6) is 0 Å². The van der Waals surface area contributed by atoms with Gasteiger partial charge in [0.1, 0.15) is 5.69 Å². The fourth-order valence-corrected chi connectivity index (χ4v) is 3.76. The molecule has 0 aliphatic rings. The molecule has 0 radical (unpaired) electrons. The lowest BCUT2D eigenvalue weighted by Crippen LogP contribution is -2.42. The van der Waals surface area contributed by atoms with E-state index in [1.54, 1.807) is 35.1 Å². The number of benzene rings is 3. The van der Waals surface area contributed by atoms with Gasteiger partial charge in [-0.2, -0.15) is 10.2 Å². The van der Waals surface area contributed by atoms with Crippen molar-refractivity contribution >= 4 is 22.6 Å².